The number of nitrogens with zero attached hydrogens (tertiary/aromatic N) is 3. The maximum atomic E-state index is 14.5. The van der Waals surface area contributed by atoms with Crippen LogP contribution in [0.5, 0.6) is 0 Å². The summed E-state index contributed by atoms with van der Waals surface area (Å²) in [5.41, 5.74) is 2.50. The molecule has 1 saturated heterocycles. The monoisotopic (exact) mass is 824 g/mol. The summed E-state index contributed by atoms with van der Waals surface area (Å²) in [6.45, 7) is 1.77. The topological polar surface area (TPSA) is 110 Å². The van der Waals surface area contributed by atoms with Crippen molar-refractivity contribution in [3.63, 3.8) is 0 Å². The minimum Gasteiger partial charge on any atom is -0.448 e. The average Bonchev–Trinajstić information content (AvgIpc) is 3.61. The molecule has 290 valence electrons. The Kier molecular flexibility index (Phi) is 11.3. The summed E-state index contributed by atoms with van der Waals surface area (Å²) in [6.07, 6.45) is 0.117. The van der Waals surface area contributed by atoms with Crippen LogP contribution >= 0.6 is 35.6 Å². The van der Waals surface area contributed by atoms with Crippen LogP contribution in [0.15, 0.2) is 167 Å². The molecule has 1 fully saturated rings. The summed E-state index contributed by atoms with van der Waals surface area (Å²) in [6, 6.07) is 46.1. The average molecular weight is 825 g/mol. The van der Waals surface area contributed by atoms with Crippen LogP contribution in [0.3, 0.4) is 0 Å². The zero-order valence-electron chi connectivity index (χ0n) is 31.2. The van der Waals surface area contributed by atoms with E-state index in [9.17, 15) is 14.4 Å². The summed E-state index contributed by atoms with van der Waals surface area (Å²) in [4.78, 5) is 55.6. The van der Waals surface area contributed by atoms with Gasteiger partial charge in [0.2, 0.25) is 5.60 Å². The molecule has 2 amide bonds. The molecule has 12 heteroatoms. The fraction of sp³-hybridized carbons (Fsp3) is 0.152. The highest BCUT2D eigenvalue weighted by atomic mass is 35.5. The van der Waals surface area contributed by atoms with Gasteiger partial charge in [-0.05, 0) is 30.9 Å². The second-order valence-corrected chi connectivity index (χ2v) is 16.2. The summed E-state index contributed by atoms with van der Waals surface area (Å²) in [7, 11) is 0. The number of rotatable bonds is 12. The molecule has 2 atom stereocenters. The van der Waals surface area contributed by atoms with Crippen LogP contribution in [0.2, 0.25) is 4.34 Å². The number of ether oxygens (including phenoxy) is 1. The molecule has 3 heterocycles. The number of aryl methyl sites for hydroxylation is 1. The number of esters is 1. The number of oxime groups is 1. The predicted molar refractivity (Wildman–Crippen MR) is 227 cm³/mol. The van der Waals surface area contributed by atoms with Crippen molar-refractivity contribution in [2.45, 2.75) is 43.6 Å². The first-order chi connectivity index (χ1) is 28.3. The lowest BCUT2D eigenvalue weighted by atomic mass is 9.80. The van der Waals surface area contributed by atoms with Gasteiger partial charge in [0, 0.05) is 21.6 Å². The summed E-state index contributed by atoms with van der Waals surface area (Å²) >= 11 is 12.5. The molecule has 58 heavy (non-hydrogen) atoms. The van der Waals surface area contributed by atoms with Crippen molar-refractivity contribution in [3.8, 4) is 0 Å². The third kappa shape index (κ3) is 7.44. The van der Waals surface area contributed by atoms with E-state index in [4.69, 9.17) is 21.2 Å². The molecule has 0 aliphatic carbocycles. The molecule has 1 N–H and O–H groups in total. The molecule has 1 unspecified atom stereocenters. The number of allylic oxidation sites excluding steroid dienone is 1. The van der Waals surface area contributed by atoms with Crippen LogP contribution in [0.25, 0.3) is 0 Å². The molecular weight excluding hydrogens is 788 g/mol. The van der Waals surface area contributed by atoms with Crippen molar-refractivity contribution < 1.29 is 24.0 Å². The van der Waals surface area contributed by atoms with Crippen LogP contribution in [0, 0.1) is 6.92 Å². The van der Waals surface area contributed by atoms with Gasteiger partial charge >= 0.3 is 5.97 Å². The van der Waals surface area contributed by atoms with E-state index in [2.05, 4.69) is 28.1 Å². The Hall–Kier alpha value is -6.01. The zero-order valence-corrected chi connectivity index (χ0v) is 33.7. The smallest absolute Gasteiger partial charge is 0.356 e. The SMILES string of the molecule is Cc1nc(/C(=N/OC(c2ccccc2)(c2ccccc2)c2ccccc2)C(=O)N[C@@H]2C(=O)N3C(C(=O)OC(c4ccccc4)c4ccccc4)=C(S)CCC23)c(Cl)s1. The van der Waals surface area contributed by atoms with Gasteiger partial charge in [0.25, 0.3) is 11.8 Å². The lowest BCUT2D eigenvalue weighted by molar-refractivity contribution is -0.158. The van der Waals surface area contributed by atoms with Crippen LogP contribution in [0.1, 0.15) is 57.5 Å². The van der Waals surface area contributed by atoms with Crippen molar-refractivity contribution in [1.29, 1.82) is 0 Å². The normalized spacial score (nSPS) is 16.7. The van der Waals surface area contributed by atoms with Crippen molar-refractivity contribution in [2.24, 2.45) is 5.16 Å². The van der Waals surface area contributed by atoms with Crippen molar-refractivity contribution in [3.05, 3.63) is 205 Å². The molecule has 0 spiro atoms. The number of aromatic nitrogens is 1. The fourth-order valence-corrected chi connectivity index (χ4v) is 8.95. The Morgan fingerprint density at radius 1 is 0.828 bits per heavy atom. The molecule has 5 aromatic carbocycles. The molecule has 1 aromatic heterocycles. The van der Waals surface area contributed by atoms with E-state index in [-0.39, 0.29) is 21.4 Å². The zero-order chi connectivity index (χ0) is 40.2. The van der Waals surface area contributed by atoms with Gasteiger partial charge in [-0.15, -0.1) is 24.0 Å². The summed E-state index contributed by atoms with van der Waals surface area (Å²) in [5, 5.41) is 8.10. The number of carbonyl (C=O) groups excluding carboxylic acids is 3. The number of amides is 2. The number of hydrogen-bond acceptors (Lipinski definition) is 9. The van der Waals surface area contributed by atoms with Gasteiger partial charge in [-0.2, -0.15) is 0 Å². The van der Waals surface area contributed by atoms with Gasteiger partial charge in [-0.3, -0.25) is 14.5 Å². The first-order valence-corrected chi connectivity index (χ1v) is 20.3. The molecule has 0 saturated carbocycles. The maximum absolute atomic E-state index is 14.5. The van der Waals surface area contributed by atoms with Crippen molar-refractivity contribution >= 4 is 59.1 Å². The summed E-state index contributed by atoms with van der Waals surface area (Å²) < 4.78 is 6.38. The second-order valence-electron chi connectivity index (χ2n) is 13.8. The molecular formula is C46H37ClN4O5S2. The van der Waals surface area contributed by atoms with E-state index in [1.165, 1.54) is 16.2 Å². The van der Waals surface area contributed by atoms with Crippen LogP contribution in [-0.4, -0.2) is 45.5 Å². The van der Waals surface area contributed by atoms with Crippen molar-refractivity contribution in [2.75, 3.05) is 0 Å². The Labute approximate surface area is 350 Å². The number of thiazole rings is 1. The number of halogens is 1. The van der Waals surface area contributed by atoms with Crippen LogP contribution in [-0.2, 0) is 29.6 Å². The quantitative estimate of drug-likeness (QED) is 0.0319. The van der Waals surface area contributed by atoms with Gasteiger partial charge in [0.15, 0.2) is 11.8 Å². The van der Waals surface area contributed by atoms with E-state index in [0.29, 0.717) is 22.8 Å². The minimum absolute atomic E-state index is 0.0562. The second kappa shape index (κ2) is 16.8. The fourth-order valence-electron chi connectivity index (χ4n) is 7.52. The molecule has 2 aliphatic heterocycles. The number of thiol groups is 1. The molecule has 0 radical (unpaired) electrons. The van der Waals surface area contributed by atoms with Gasteiger partial charge in [0.05, 0.1) is 11.0 Å². The Morgan fingerprint density at radius 3 is 1.78 bits per heavy atom. The minimum atomic E-state index is -1.31. The molecule has 2 aliphatic rings. The van der Waals surface area contributed by atoms with Crippen LogP contribution < -0.4 is 5.32 Å². The third-order valence-electron chi connectivity index (χ3n) is 10.3. The molecule has 6 aromatic rings. The number of carbonyl (C=O) groups is 3. The van der Waals surface area contributed by atoms with Gasteiger partial charge in [0.1, 0.15) is 21.8 Å². The lowest BCUT2D eigenvalue weighted by Gasteiger charge is -2.50. The Bertz CT molecular complexity index is 2360. The Balaban J connectivity index is 1.11. The van der Waals surface area contributed by atoms with Crippen molar-refractivity contribution in [1.82, 2.24) is 15.2 Å². The van der Waals surface area contributed by atoms with E-state index < -0.39 is 41.6 Å². The number of fused-ring (bicyclic) bond motifs is 1. The molecule has 8 rings (SSSR count). The number of nitrogens with one attached hydrogen (secondary N) is 1. The maximum Gasteiger partial charge on any atom is 0.356 e. The number of benzene rings is 5. The van der Waals surface area contributed by atoms with E-state index in [1.54, 1.807) is 6.92 Å². The first kappa shape index (κ1) is 38.8. The van der Waals surface area contributed by atoms with Gasteiger partial charge in [-0.25, -0.2) is 9.78 Å². The van der Waals surface area contributed by atoms with Gasteiger partial charge < -0.3 is 14.9 Å². The van der Waals surface area contributed by atoms with E-state index >= 15 is 0 Å². The largest absolute Gasteiger partial charge is 0.448 e. The molecule has 9 nitrogen and oxygen atoms in total. The standard InChI is InChI=1S/C46H37ClN4O5S2/c1-29-48-38(42(47)58-29)39(50-56-46(32-21-11-4-12-22-32,33-23-13-5-14-24-33)34-25-15-6-16-26-34)43(52)49-37-35-27-28-36(57)40(51(35)44(37)53)45(54)55-41(30-17-7-2-8-18-30)31-19-9-3-10-20-31/h2-26,35,37,41,57H,27-28H2,1H3,(H,49,52)/b50-39-/t35?,37-/m0/s1. The van der Waals surface area contributed by atoms with Crippen LogP contribution in [0.4, 0.5) is 0 Å². The highest BCUT2D eigenvalue weighted by molar-refractivity contribution is 7.84. The highest BCUT2D eigenvalue weighted by Crippen LogP contribution is 2.42. The van der Waals surface area contributed by atoms with E-state index in [1.807, 2.05) is 152 Å². The number of hydrogen-bond donors (Lipinski definition) is 2. The summed E-state index contributed by atoms with van der Waals surface area (Å²) in [5.74, 6) is -1.89. The Morgan fingerprint density at radius 2 is 1.31 bits per heavy atom. The van der Waals surface area contributed by atoms with Gasteiger partial charge in [-0.1, -0.05) is 168 Å². The van der Waals surface area contributed by atoms with E-state index in [0.717, 1.165) is 27.8 Å². The first-order valence-electron chi connectivity index (χ1n) is 18.7. The lowest BCUT2D eigenvalue weighted by Crippen LogP contribution is -2.72. The third-order valence-corrected chi connectivity index (χ3v) is 11.9. The highest BCUT2D eigenvalue weighted by Gasteiger charge is 2.54. The number of β-lactam (4-membered cyclic amide) rings is 1. The molecule has 0 bridgehead atoms. The predicted octanol–water partition coefficient (Wildman–Crippen LogP) is 8.78.